The molecule has 0 bridgehead atoms. The minimum Gasteiger partial charge on any atom is -0.291 e. The number of carbonyl (C=O) groups is 1. The van der Waals surface area contributed by atoms with E-state index in [4.69, 9.17) is 11.6 Å². The molecule has 1 atom stereocenters. The molecule has 0 aromatic carbocycles. The first kappa shape index (κ1) is 12.7. The lowest BCUT2D eigenvalue weighted by molar-refractivity contribution is -0.385. The van der Waals surface area contributed by atoms with Crippen LogP contribution in [0.5, 0.6) is 0 Å². The molecule has 0 aliphatic rings. The Morgan fingerprint density at radius 1 is 1.61 bits per heavy atom. The van der Waals surface area contributed by atoms with E-state index < -0.39 is 11.0 Å². The quantitative estimate of drug-likeness (QED) is 0.491. The van der Waals surface area contributed by atoms with Gasteiger partial charge in [-0.25, -0.2) is 0 Å². The number of Topliss-reactive ketones (excluding diaryl/α,β-unsaturated/α-hetero) is 1. The van der Waals surface area contributed by atoms with Gasteiger partial charge in [-0.1, -0.05) is 11.6 Å². The van der Waals surface area contributed by atoms with Crippen LogP contribution in [0.1, 0.15) is 22.6 Å². The summed E-state index contributed by atoms with van der Waals surface area (Å²) >= 11 is 6.93. The molecule has 1 unspecified atom stereocenters. The van der Waals surface area contributed by atoms with E-state index >= 15 is 0 Å². The number of rotatable bonds is 4. The third kappa shape index (κ3) is 2.41. The van der Waals surface area contributed by atoms with Crippen LogP contribution in [-0.2, 0) is 0 Å². The van der Waals surface area contributed by atoms with Crippen molar-refractivity contribution < 1.29 is 9.72 Å². The van der Waals surface area contributed by atoms with Crippen LogP contribution in [0.3, 0.4) is 0 Å². The maximum atomic E-state index is 12.1. The Morgan fingerprint density at radius 2 is 2.33 bits per heavy atom. The Kier molecular flexibility index (Phi) is 3.44. The van der Waals surface area contributed by atoms with Crippen molar-refractivity contribution in [3.8, 4) is 0 Å². The van der Waals surface area contributed by atoms with Gasteiger partial charge in [0.15, 0.2) is 5.78 Å². The summed E-state index contributed by atoms with van der Waals surface area (Å²) in [5.74, 6) is -0.176. The Labute approximate surface area is 111 Å². The summed E-state index contributed by atoms with van der Waals surface area (Å²) in [6.45, 7) is 1.63. The van der Waals surface area contributed by atoms with Crippen molar-refractivity contribution in [1.29, 1.82) is 0 Å². The summed E-state index contributed by atoms with van der Waals surface area (Å²) in [5.41, 5.74) is -0.140. The highest BCUT2D eigenvalue weighted by atomic mass is 35.5. The van der Waals surface area contributed by atoms with Crippen molar-refractivity contribution in [3.63, 3.8) is 0 Å². The van der Waals surface area contributed by atoms with E-state index in [2.05, 4.69) is 5.10 Å². The fourth-order valence-electron chi connectivity index (χ4n) is 1.41. The van der Waals surface area contributed by atoms with E-state index in [1.165, 1.54) is 22.2 Å². The number of hydrogen-bond donors (Lipinski definition) is 0. The molecule has 6 nitrogen and oxygen atoms in total. The molecule has 2 aromatic rings. The van der Waals surface area contributed by atoms with Crippen LogP contribution < -0.4 is 0 Å². The predicted octanol–water partition coefficient (Wildman–Crippen LogP) is 2.95. The van der Waals surface area contributed by atoms with Crippen LogP contribution in [0.2, 0.25) is 4.34 Å². The lowest BCUT2D eigenvalue weighted by atomic mass is 10.2. The number of ketones is 1. The first-order valence-electron chi connectivity index (χ1n) is 4.97. The van der Waals surface area contributed by atoms with Gasteiger partial charge in [0.1, 0.15) is 18.4 Å². The van der Waals surface area contributed by atoms with Gasteiger partial charge in [0.05, 0.1) is 14.1 Å². The minimum absolute atomic E-state index is 0.140. The highest BCUT2D eigenvalue weighted by Crippen LogP contribution is 2.25. The molecule has 18 heavy (non-hydrogen) atoms. The van der Waals surface area contributed by atoms with Crippen LogP contribution in [0.25, 0.3) is 0 Å². The number of nitrogens with zero attached hydrogens (tertiary/aromatic N) is 3. The molecular formula is C10H8ClN3O3S. The number of aromatic nitrogens is 2. The molecule has 0 N–H and O–H groups in total. The molecule has 2 aromatic heterocycles. The van der Waals surface area contributed by atoms with Crippen molar-refractivity contribution in [1.82, 2.24) is 9.78 Å². The topological polar surface area (TPSA) is 78.0 Å². The monoisotopic (exact) mass is 285 g/mol. The molecule has 0 amide bonds. The Bertz CT molecular complexity index is 607. The van der Waals surface area contributed by atoms with Gasteiger partial charge in [0.25, 0.3) is 0 Å². The van der Waals surface area contributed by atoms with Gasteiger partial charge < -0.3 is 0 Å². The average Bonchev–Trinajstić information content (AvgIpc) is 2.95. The second-order valence-electron chi connectivity index (χ2n) is 3.58. The van der Waals surface area contributed by atoms with E-state index in [-0.39, 0.29) is 11.5 Å². The van der Waals surface area contributed by atoms with Gasteiger partial charge in [0.2, 0.25) is 0 Å². The van der Waals surface area contributed by atoms with Crippen molar-refractivity contribution in [2.45, 2.75) is 13.0 Å². The minimum atomic E-state index is -0.603. The summed E-state index contributed by atoms with van der Waals surface area (Å²) in [5, 5.41) is 14.3. The predicted molar refractivity (Wildman–Crippen MR) is 67.3 cm³/mol. The summed E-state index contributed by atoms with van der Waals surface area (Å²) in [4.78, 5) is 22.5. The molecule has 0 fully saturated rings. The van der Waals surface area contributed by atoms with Crippen molar-refractivity contribution in [3.05, 3.63) is 43.9 Å². The normalized spacial score (nSPS) is 12.3. The fraction of sp³-hybridized carbons (Fsp3) is 0.200. The van der Waals surface area contributed by atoms with E-state index in [0.29, 0.717) is 9.21 Å². The molecule has 8 heteroatoms. The number of carbonyl (C=O) groups excluding carboxylic acids is 1. The smallest absolute Gasteiger partial charge is 0.291 e. The maximum absolute atomic E-state index is 12.1. The molecule has 0 saturated carbocycles. The number of halogens is 1. The fourth-order valence-corrected chi connectivity index (χ4v) is 2.47. The highest BCUT2D eigenvalue weighted by Gasteiger charge is 2.21. The number of thiophene rings is 1. The largest absolute Gasteiger partial charge is 0.307 e. The second-order valence-corrected chi connectivity index (χ2v) is 5.29. The number of hydrogen-bond acceptors (Lipinski definition) is 5. The average molecular weight is 286 g/mol. The zero-order valence-corrected chi connectivity index (χ0v) is 10.8. The molecule has 0 aliphatic carbocycles. The van der Waals surface area contributed by atoms with E-state index in [1.807, 2.05) is 0 Å². The van der Waals surface area contributed by atoms with Crippen LogP contribution >= 0.6 is 22.9 Å². The van der Waals surface area contributed by atoms with Crippen LogP contribution in [0.4, 0.5) is 5.69 Å². The zero-order valence-electron chi connectivity index (χ0n) is 9.24. The van der Waals surface area contributed by atoms with Crippen molar-refractivity contribution in [2.24, 2.45) is 0 Å². The summed E-state index contributed by atoms with van der Waals surface area (Å²) in [6, 6.07) is 2.66. The molecule has 0 spiro atoms. The van der Waals surface area contributed by atoms with Gasteiger partial charge in [-0.3, -0.25) is 19.6 Å². The van der Waals surface area contributed by atoms with Gasteiger partial charge in [-0.2, -0.15) is 5.10 Å². The van der Waals surface area contributed by atoms with Crippen LogP contribution in [0.15, 0.2) is 24.5 Å². The van der Waals surface area contributed by atoms with E-state index in [0.717, 1.165) is 6.20 Å². The summed E-state index contributed by atoms with van der Waals surface area (Å²) in [7, 11) is 0. The van der Waals surface area contributed by atoms with E-state index in [1.54, 1.807) is 19.1 Å². The Balaban J connectivity index is 2.22. The highest BCUT2D eigenvalue weighted by molar-refractivity contribution is 7.18. The Morgan fingerprint density at radius 3 is 2.83 bits per heavy atom. The molecule has 0 aliphatic heterocycles. The first-order chi connectivity index (χ1) is 8.49. The molecule has 0 saturated heterocycles. The third-order valence-electron chi connectivity index (χ3n) is 2.39. The lowest BCUT2D eigenvalue weighted by Crippen LogP contribution is -2.16. The van der Waals surface area contributed by atoms with Gasteiger partial charge in [-0.05, 0) is 19.1 Å². The van der Waals surface area contributed by atoms with Crippen molar-refractivity contribution >= 4 is 34.4 Å². The molecule has 94 valence electrons. The van der Waals surface area contributed by atoms with Crippen LogP contribution in [0, 0.1) is 10.1 Å². The van der Waals surface area contributed by atoms with Gasteiger partial charge in [0, 0.05) is 0 Å². The SMILES string of the molecule is CC(C(=O)c1ccc(Cl)s1)n1cc([N+](=O)[O-])cn1. The first-order valence-corrected chi connectivity index (χ1v) is 6.16. The van der Waals surface area contributed by atoms with Gasteiger partial charge >= 0.3 is 5.69 Å². The summed E-state index contributed by atoms with van der Waals surface area (Å²) < 4.78 is 1.80. The second kappa shape index (κ2) is 4.87. The summed E-state index contributed by atoms with van der Waals surface area (Å²) in [6.07, 6.45) is 2.35. The molecule has 2 rings (SSSR count). The van der Waals surface area contributed by atoms with Crippen molar-refractivity contribution in [2.75, 3.05) is 0 Å². The van der Waals surface area contributed by atoms with Gasteiger partial charge in [-0.15, -0.1) is 11.3 Å². The zero-order chi connectivity index (χ0) is 13.3. The van der Waals surface area contributed by atoms with E-state index in [9.17, 15) is 14.9 Å². The third-order valence-corrected chi connectivity index (χ3v) is 3.64. The lowest BCUT2D eigenvalue weighted by Gasteiger charge is -2.08. The number of nitro groups is 1. The van der Waals surface area contributed by atoms with Crippen LogP contribution in [-0.4, -0.2) is 20.5 Å². The molecular weight excluding hydrogens is 278 g/mol. The maximum Gasteiger partial charge on any atom is 0.307 e. The standard InChI is InChI=1S/C10H8ClN3O3S/c1-6(10(15)8-2-3-9(11)18-8)13-5-7(4-12-13)14(16)17/h2-6H,1H3. The molecule has 2 heterocycles. The molecule has 0 radical (unpaired) electrons. The Hall–Kier alpha value is -1.73.